The lowest BCUT2D eigenvalue weighted by Gasteiger charge is -2.08. The Morgan fingerprint density at radius 1 is 1.46 bits per heavy atom. The zero-order valence-electron chi connectivity index (χ0n) is 6.99. The lowest BCUT2D eigenvalue weighted by molar-refractivity contribution is -0.143. The van der Waals surface area contributed by atoms with Gasteiger partial charge < -0.3 is 5.32 Å². The molecular formula is C6H8F3N3O. The fourth-order valence-electron chi connectivity index (χ4n) is 1.10. The monoisotopic (exact) mass is 195 g/mol. The Bertz CT molecular complexity index is 362. The van der Waals surface area contributed by atoms with Crippen molar-refractivity contribution in [2.75, 3.05) is 12.4 Å². The summed E-state index contributed by atoms with van der Waals surface area (Å²) in [6, 6.07) is 0. The molecule has 0 amide bonds. The summed E-state index contributed by atoms with van der Waals surface area (Å²) >= 11 is 0. The van der Waals surface area contributed by atoms with E-state index in [-0.39, 0.29) is 0 Å². The lowest BCUT2D eigenvalue weighted by atomic mass is 10.3. The van der Waals surface area contributed by atoms with Crippen molar-refractivity contribution in [1.82, 2.24) is 9.78 Å². The van der Waals surface area contributed by atoms with Gasteiger partial charge in [0, 0.05) is 14.1 Å². The number of nitrogens with zero attached hydrogens (tertiary/aromatic N) is 1. The van der Waals surface area contributed by atoms with Gasteiger partial charge in [-0.3, -0.25) is 14.6 Å². The number of rotatable bonds is 1. The number of anilines is 1. The molecule has 0 radical (unpaired) electrons. The predicted molar refractivity (Wildman–Crippen MR) is 40.6 cm³/mol. The molecule has 0 saturated heterocycles. The van der Waals surface area contributed by atoms with E-state index in [1.54, 1.807) is 0 Å². The van der Waals surface area contributed by atoms with Crippen molar-refractivity contribution in [3.63, 3.8) is 0 Å². The Morgan fingerprint density at radius 2 is 2.00 bits per heavy atom. The van der Waals surface area contributed by atoms with Crippen LogP contribution in [0.4, 0.5) is 18.9 Å². The molecule has 0 aliphatic carbocycles. The first-order chi connectivity index (χ1) is 5.88. The third-order valence-electron chi connectivity index (χ3n) is 1.59. The zero-order valence-corrected chi connectivity index (χ0v) is 6.99. The normalized spacial score (nSPS) is 11.8. The van der Waals surface area contributed by atoms with E-state index in [0.29, 0.717) is 4.68 Å². The lowest BCUT2D eigenvalue weighted by Crippen LogP contribution is -2.14. The fraction of sp³-hybridized carbons (Fsp3) is 0.500. The van der Waals surface area contributed by atoms with E-state index in [0.717, 1.165) is 7.05 Å². The highest BCUT2D eigenvalue weighted by Gasteiger charge is 2.38. The molecule has 74 valence electrons. The molecule has 0 unspecified atom stereocenters. The van der Waals surface area contributed by atoms with Crippen LogP contribution in [0.15, 0.2) is 4.79 Å². The van der Waals surface area contributed by atoms with Gasteiger partial charge in [0.15, 0.2) is 5.69 Å². The number of nitrogens with one attached hydrogen (secondary N) is 2. The zero-order chi connectivity index (χ0) is 10.2. The highest BCUT2D eigenvalue weighted by molar-refractivity contribution is 5.47. The Morgan fingerprint density at radius 3 is 2.31 bits per heavy atom. The number of aromatic amines is 1. The molecule has 0 atom stereocenters. The first kappa shape index (κ1) is 9.69. The van der Waals surface area contributed by atoms with Gasteiger partial charge in [-0.2, -0.15) is 13.2 Å². The van der Waals surface area contributed by atoms with Crippen molar-refractivity contribution in [2.24, 2.45) is 7.05 Å². The molecular weight excluding hydrogens is 187 g/mol. The second kappa shape index (κ2) is 2.82. The molecule has 0 aliphatic heterocycles. The summed E-state index contributed by atoms with van der Waals surface area (Å²) in [7, 11) is 2.39. The highest BCUT2D eigenvalue weighted by atomic mass is 19.4. The van der Waals surface area contributed by atoms with E-state index in [9.17, 15) is 18.0 Å². The van der Waals surface area contributed by atoms with Crippen LogP contribution in [0.2, 0.25) is 0 Å². The number of aryl methyl sites for hydroxylation is 1. The fourth-order valence-corrected chi connectivity index (χ4v) is 1.10. The van der Waals surface area contributed by atoms with Gasteiger partial charge in [0.2, 0.25) is 0 Å². The molecule has 4 nitrogen and oxygen atoms in total. The smallest absolute Gasteiger partial charge is 0.382 e. The van der Waals surface area contributed by atoms with Crippen molar-refractivity contribution in [1.29, 1.82) is 0 Å². The maximum absolute atomic E-state index is 12.3. The second-order valence-electron chi connectivity index (χ2n) is 2.47. The van der Waals surface area contributed by atoms with Crippen LogP contribution in [0.3, 0.4) is 0 Å². The van der Waals surface area contributed by atoms with Gasteiger partial charge >= 0.3 is 6.18 Å². The molecule has 1 heterocycles. The van der Waals surface area contributed by atoms with Gasteiger partial charge in [-0.15, -0.1) is 0 Å². The van der Waals surface area contributed by atoms with E-state index in [2.05, 4.69) is 5.32 Å². The van der Waals surface area contributed by atoms with Gasteiger partial charge in [-0.25, -0.2) is 0 Å². The molecule has 2 N–H and O–H groups in total. The van der Waals surface area contributed by atoms with Crippen LogP contribution in [0.25, 0.3) is 0 Å². The SMILES string of the molecule is CNc1c(C(F)(F)F)n(C)[nH]c1=O. The van der Waals surface area contributed by atoms with E-state index in [1.807, 2.05) is 5.10 Å². The van der Waals surface area contributed by atoms with Gasteiger partial charge in [0.1, 0.15) is 5.69 Å². The number of hydrogen-bond acceptors (Lipinski definition) is 2. The van der Waals surface area contributed by atoms with Crippen molar-refractivity contribution in [2.45, 2.75) is 6.18 Å². The van der Waals surface area contributed by atoms with Crippen LogP contribution in [0, 0.1) is 0 Å². The van der Waals surface area contributed by atoms with Gasteiger partial charge in [-0.1, -0.05) is 0 Å². The van der Waals surface area contributed by atoms with Crippen LogP contribution < -0.4 is 10.9 Å². The highest BCUT2D eigenvalue weighted by Crippen LogP contribution is 2.32. The molecule has 0 aromatic carbocycles. The molecule has 13 heavy (non-hydrogen) atoms. The van der Waals surface area contributed by atoms with E-state index in [4.69, 9.17) is 0 Å². The van der Waals surface area contributed by atoms with Crippen molar-refractivity contribution in [3.8, 4) is 0 Å². The Labute approximate surface area is 71.3 Å². The van der Waals surface area contributed by atoms with Gasteiger partial charge in [-0.05, 0) is 0 Å². The average Bonchev–Trinajstić information content (AvgIpc) is 2.23. The van der Waals surface area contributed by atoms with Crippen LogP contribution >= 0.6 is 0 Å². The summed E-state index contributed by atoms with van der Waals surface area (Å²) in [5.74, 6) is 0. The third-order valence-corrected chi connectivity index (χ3v) is 1.59. The maximum Gasteiger partial charge on any atom is 0.435 e. The Hall–Kier alpha value is -1.40. The van der Waals surface area contributed by atoms with Crippen LogP contribution in [0.1, 0.15) is 5.69 Å². The predicted octanol–water partition coefficient (Wildman–Crippen LogP) is 0.774. The first-order valence-electron chi connectivity index (χ1n) is 3.42. The standard InChI is InChI=1S/C6H8F3N3O/c1-10-3-4(6(7,8)9)12(2)11-5(3)13/h10H,1-2H3,(H,11,13). The summed E-state index contributed by atoms with van der Waals surface area (Å²) in [5.41, 5.74) is -2.24. The largest absolute Gasteiger partial charge is 0.435 e. The van der Waals surface area contributed by atoms with E-state index < -0.39 is 23.1 Å². The summed E-state index contributed by atoms with van der Waals surface area (Å²) in [6.45, 7) is 0. The third kappa shape index (κ3) is 1.53. The molecule has 0 fully saturated rings. The average molecular weight is 195 g/mol. The van der Waals surface area contributed by atoms with Gasteiger partial charge in [0.05, 0.1) is 0 Å². The molecule has 0 saturated carbocycles. The second-order valence-corrected chi connectivity index (χ2v) is 2.47. The van der Waals surface area contributed by atoms with Crippen molar-refractivity contribution in [3.05, 3.63) is 16.0 Å². The number of hydrogen-bond donors (Lipinski definition) is 2. The molecule has 0 aliphatic rings. The quantitative estimate of drug-likeness (QED) is 0.695. The number of H-pyrrole nitrogens is 1. The summed E-state index contributed by atoms with van der Waals surface area (Å²) in [6.07, 6.45) is -4.54. The van der Waals surface area contributed by atoms with Crippen molar-refractivity contribution >= 4 is 5.69 Å². The molecule has 1 aromatic rings. The van der Waals surface area contributed by atoms with Gasteiger partial charge in [0.25, 0.3) is 5.56 Å². The molecule has 7 heteroatoms. The van der Waals surface area contributed by atoms with E-state index >= 15 is 0 Å². The molecule has 1 aromatic heterocycles. The molecule has 0 spiro atoms. The Kier molecular flexibility index (Phi) is 2.10. The van der Waals surface area contributed by atoms with Crippen LogP contribution in [-0.4, -0.2) is 16.8 Å². The minimum Gasteiger partial charge on any atom is -0.382 e. The summed E-state index contributed by atoms with van der Waals surface area (Å²) < 4.78 is 37.5. The minimum atomic E-state index is -4.54. The minimum absolute atomic E-state index is 0.463. The summed E-state index contributed by atoms with van der Waals surface area (Å²) in [5, 5.41) is 4.22. The number of halogens is 3. The first-order valence-corrected chi connectivity index (χ1v) is 3.42. The van der Waals surface area contributed by atoms with Crippen LogP contribution in [-0.2, 0) is 13.2 Å². The van der Waals surface area contributed by atoms with E-state index in [1.165, 1.54) is 7.05 Å². The summed E-state index contributed by atoms with van der Waals surface area (Å²) in [4.78, 5) is 10.9. The number of alkyl halides is 3. The topological polar surface area (TPSA) is 49.8 Å². The Balaban J connectivity index is 3.43. The van der Waals surface area contributed by atoms with Crippen molar-refractivity contribution < 1.29 is 13.2 Å². The molecule has 1 rings (SSSR count). The molecule has 0 bridgehead atoms. The number of aromatic nitrogens is 2. The maximum atomic E-state index is 12.3. The van der Waals surface area contributed by atoms with Crippen LogP contribution in [0.5, 0.6) is 0 Å².